The van der Waals surface area contributed by atoms with Gasteiger partial charge < -0.3 is 9.67 Å². The summed E-state index contributed by atoms with van der Waals surface area (Å²) < 4.78 is 2.64. The summed E-state index contributed by atoms with van der Waals surface area (Å²) in [6.45, 7) is 2.80. The highest BCUT2D eigenvalue weighted by Crippen LogP contribution is 2.32. The van der Waals surface area contributed by atoms with Crippen LogP contribution in [0.1, 0.15) is 13.3 Å². The van der Waals surface area contributed by atoms with Gasteiger partial charge in [0.15, 0.2) is 11.0 Å². The molecule has 0 radical (unpaired) electrons. The van der Waals surface area contributed by atoms with Crippen LogP contribution in [-0.4, -0.2) is 31.6 Å². The number of carbonyl (C=O) groups is 1. The molecule has 0 aliphatic rings. The molecule has 2 heterocycles. The average Bonchev–Trinajstić information content (AvgIpc) is 2.94. The van der Waals surface area contributed by atoms with E-state index in [4.69, 9.17) is 16.7 Å². The fourth-order valence-electron chi connectivity index (χ4n) is 1.56. The Labute approximate surface area is 123 Å². The van der Waals surface area contributed by atoms with Crippen LogP contribution in [0.25, 0.3) is 10.7 Å². The molecule has 0 aliphatic heterocycles. The summed E-state index contributed by atoms with van der Waals surface area (Å²) in [6.07, 6.45) is 0.921. The lowest BCUT2D eigenvalue weighted by atomic mass is 10.4. The van der Waals surface area contributed by atoms with Gasteiger partial charge in [-0.3, -0.25) is 4.79 Å². The van der Waals surface area contributed by atoms with Gasteiger partial charge in [-0.15, -0.1) is 21.5 Å². The molecule has 0 saturated carbocycles. The number of carboxylic acids is 1. The summed E-state index contributed by atoms with van der Waals surface area (Å²) in [5, 5.41) is 17.6. The summed E-state index contributed by atoms with van der Waals surface area (Å²) in [6, 6.07) is 3.71. The van der Waals surface area contributed by atoms with Gasteiger partial charge >= 0.3 is 5.97 Å². The van der Waals surface area contributed by atoms with Crippen molar-refractivity contribution in [3.8, 4) is 10.7 Å². The van der Waals surface area contributed by atoms with Crippen LogP contribution in [0.3, 0.4) is 0 Å². The molecule has 0 fully saturated rings. The third-order valence-electron chi connectivity index (χ3n) is 2.28. The van der Waals surface area contributed by atoms with Crippen LogP contribution in [0, 0.1) is 0 Å². The lowest BCUT2D eigenvalue weighted by Gasteiger charge is -2.06. The molecule has 0 unspecified atom stereocenters. The Morgan fingerprint density at radius 3 is 2.89 bits per heavy atom. The van der Waals surface area contributed by atoms with Crippen LogP contribution in [0.2, 0.25) is 4.34 Å². The van der Waals surface area contributed by atoms with Crippen LogP contribution in [0.4, 0.5) is 0 Å². The Morgan fingerprint density at radius 2 is 2.32 bits per heavy atom. The molecule has 0 aliphatic carbocycles. The molecule has 19 heavy (non-hydrogen) atoms. The van der Waals surface area contributed by atoms with Crippen LogP contribution in [0.15, 0.2) is 17.3 Å². The highest BCUT2D eigenvalue weighted by Gasteiger charge is 2.16. The van der Waals surface area contributed by atoms with Crippen LogP contribution < -0.4 is 0 Å². The molecule has 1 N–H and O–H groups in total. The van der Waals surface area contributed by atoms with E-state index in [2.05, 4.69) is 17.1 Å². The Bertz CT molecular complexity index is 582. The zero-order valence-electron chi connectivity index (χ0n) is 10.2. The topological polar surface area (TPSA) is 68.0 Å². The first kappa shape index (κ1) is 14.4. The van der Waals surface area contributed by atoms with Gasteiger partial charge in [0.2, 0.25) is 0 Å². The summed E-state index contributed by atoms with van der Waals surface area (Å²) in [5.74, 6) is -0.143. The molecule has 0 atom stereocenters. The summed E-state index contributed by atoms with van der Waals surface area (Å²) in [4.78, 5) is 11.6. The van der Waals surface area contributed by atoms with Gasteiger partial charge in [0.1, 0.15) is 0 Å². The minimum absolute atomic E-state index is 0.0208. The van der Waals surface area contributed by atoms with E-state index in [9.17, 15) is 4.79 Å². The molecule has 0 amide bonds. The predicted molar refractivity (Wildman–Crippen MR) is 77.0 cm³/mol. The number of hydrogen-bond donors (Lipinski definition) is 1. The molecule has 8 heteroatoms. The van der Waals surface area contributed by atoms with E-state index >= 15 is 0 Å². The van der Waals surface area contributed by atoms with Gasteiger partial charge in [-0.1, -0.05) is 30.3 Å². The summed E-state index contributed by atoms with van der Waals surface area (Å²) in [7, 11) is 0. The maximum Gasteiger partial charge on any atom is 0.313 e. The number of carboxylic acid groups (broad SMARTS) is 1. The van der Waals surface area contributed by atoms with E-state index in [1.165, 1.54) is 23.1 Å². The molecule has 0 saturated heterocycles. The van der Waals surface area contributed by atoms with Crippen molar-refractivity contribution in [3.63, 3.8) is 0 Å². The first-order valence-corrected chi connectivity index (χ1v) is 7.83. The highest BCUT2D eigenvalue weighted by atomic mass is 35.5. The monoisotopic (exact) mass is 317 g/mol. The minimum Gasteiger partial charge on any atom is -0.481 e. The number of nitrogens with zero attached hydrogens (tertiary/aromatic N) is 3. The third-order valence-corrected chi connectivity index (χ3v) is 4.46. The zero-order chi connectivity index (χ0) is 13.8. The molecular formula is C11H12ClN3O2S2. The molecule has 5 nitrogen and oxygen atoms in total. The number of halogens is 1. The Kier molecular flexibility index (Phi) is 4.84. The largest absolute Gasteiger partial charge is 0.481 e. The molecular weight excluding hydrogens is 306 g/mol. The molecule has 2 rings (SSSR count). The fraction of sp³-hybridized carbons (Fsp3) is 0.364. The van der Waals surface area contributed by atoms with Crippen molar-refractivity contribution >= 4 is 40.7 Å². The predicted octanol–water partition coefficient (Wildman–Crippen LogP) is 3.25. The second-order valence-electron chi connectivity index (χ2n) is 3.74. The smallest absolute Gasteiger partial charge is 0.313 e. The van der Waals surface area contributed by atoms with Crippen LogP contribution >= 0.6 is 34.7 Å². The lowest BCUT2D eigenvalue weighted by molar-refractivity contribution is -0.133. The molecule has 0 bridgehead atoms. The molecule has 2 aromatic heterocycles. The number of thiophene rings is 1. The van der Waals surface area contributed by atoms with Crippen molar-refractivity contribution in [3.05, 3.63) is 16.5 Å². The molecule has 0 aromatic carbocycles. The van der Waals surface area contributed by atoms with Gasteiger partial charge in [0.05, 0.1) is 15.0 Å². The maximum atomic E-state index is 10.6. The lowest BCUT2D eigenvalue weighted by Crippen LogP contribution is -2.04. The van der Waals surface area contributed by atoms with Gasteiger partial charge in [-0.05, 0) is 18.6 Å². The van der Waals surface area contributed by atoms with Gasteiger partial charge in [-0.2, -0.15) is 0 Å². The fourth-order valence-corrected chi connectivity index (χ4v) is 3.29. The second-order valence-corrected chi connectivity index (χ2v) is 6.40. The average molecular weight is 318 g/mol. The number of hydrogen-bond acceptors (Lipinski definition) is 5. The molecule has 2 aromatic rings. The van der Waals surface area contributed by atoms with Crippen molar-refractivity contribution in [2.75, 3.05) is 5.75 Å². The summed E-state index contributed by atoms with van der Waals surface area (Å²) in [5.41, 5.74) is 0. The molecule has 102 valence electrons. The zero-order valence-corrected chi connectivity index (χ0v) is 12.6. The van der Waals surface area contributed by atoms with E-state index in [0.717, 1.165) is 23.7 Å². The number of thioether (sulfide) groups is 1. The summed E-state index contributed by atoms with van der Waals surface area (Å²) >= 11 is 8.54. The Hall–Kier alpha value is -1.05. The van der Waals surface area contributed by atoms with Gasteiger partial charge in [0.25, 0.3) is 0 Å². The number of rotatable bonds is 6. The minimum atomic E-state index is -0.864. The van der Waals surface area contributed by atoms with Crippen molar-refractivity contribution in [1.29, 1.82) is 0 Å². The van der Waals surface area contributed by atoms with Gasteiger partial charge in [-0.25, -0.2) is 0 Å². The third kappa shape index (κ3) is 3.49. The first-order chi connectivity index (χ1) is 9.11. The van der Waals surface area contributed by atoms with Crippen molar-refractivity contribution in [1.82, 2.24) is 14.8 Å². The Morgan fingerprint density at radius 1 is 1.53 bits per heavy atom. The van der Waals surface area contributed by atoms with Crippen LogP contribution in [0.5, 0.6) is 0 Å². The SMILES string of the molecule is CCCn1c(SCC(=O)O)nnc1-c1ccc(Cl)s1. The van der Waals surface area contributed by atoms with E-state index in [-0.39, 0.29) is 5.75 Å². The number of aliphatic carboxylic acids is 1. The second kappa shape index (κ2) is 6.40. The van der Waals surface area contributed by atoms with Crippen molar-refractivity contribution in [2.24, 2.45) is 0 Å². The van der Waals surface area contributed by atoms with Crippen LogP contribution in [-0.2, 0) is 11.3 Å². The first-order valence-electron chi connectivity index (χ1n) is 5.65. The van der Waals surface area contributed by atoms with E-state index in [0.29, 0.717) is 9.49 Å². The standard InChI is InChI=1S/C11H12ClN3O2S2/c1-2-5-15-10(7-3-4-8(12)19-7)13-14-11(15)18-6-9(16)17/h3-4H,2,5-6H2,1H3,(H,16,17). The van der Waals surface area contributed by atoms with E-state index < -0.39 is 5.97 Å². The van der Waals surface area contributed by atoms with E-state index in [1.807, 2.05) is 16.7 Å². The van der Waals surface area contributed by atoms with Gasteiger partial charge in [0, 0.05) is 6.54 Å². The quantitative estimate of drug-likeness (QED) is 0.828. The van der Waals surface area contributed by atoms with Crippen molar-refractivity contribution in [2.45, 2.75) is 25.0 Å². The maximum absolute atomic E-state index is 10.6. The van der Waals surface area contributed by atoms with Crippen molar-refractivity contribution < 1.29 is 9.90 Å². The highest BCUT2D eigenvalue weighted by molar-refractivity contribution is 7.99. The number of aromatic nitrogens is 3. The normalized spacial score (nSPS) is 10.8. The van der Waals surface area contributed by atoms with E-state index in [1.54, 1.807) is 0 Å². The molecule has 0 spiro atoms. The Balaban J connectivity index is 2.31.